The summed E-state index contributed by atoms with van der Waals surface area (Å²) in [6.45, 7) is 65.1. The van der Waals surface area contributed by atoms with E-state index in [-0.39, 0.29) is 102 Å². The van der Waals surface area contributed by atoms with Crippen LogP contribution in [-0.2, 0) is 67.0 Å². The summed E-state index contributed by atoms with van der Waals surface area (Å²) in [5, 5.41) is 15.7. The standard InChI is InChI=1S/C101H123N2OP3.C10H20O5.Na/c1-65-61-83(87(67-27-43-75(44-28-67)94(3,4)5)68-29-45-76(46-30-68)95(6,7)8)91(84(62-65)88(69-31-47-77(48-32-69)96(9,10)11)70-33-49-78(50-34-70)97(12,13)14)102-59-60-103(107(102)105-93(104)106-107)92-85(89(71-35-51-79(52-36-71)98(15,16)17)72-37-53-80(54-38-72)99(18,19)20)63-66(2)64-86(92)90(73-39-55-81(56-40-73)100(21,22)23)74-41-57-82(58-42-74)101(24,25)26;1-2-12-5-6-14-9-10-15-8-7-13-4-3-11-1;/h27-58,61-64,87-90,104H,59-60H2,1-26H3;1-10H2;/q;;+1/p-1. The van der Waals surface area contributed by atoms with Crippen LogP contribution >= 0.6 is 22.3 Å². The molecule has 8 nitrogen and oxygen atoms in total. The molecule has 2 saturated heterocycles. The van der Waals surface area contributed by atoms with E-state index >= 15 is 5.11 Å². The summed E-state index contributed by atoms with van der Waals surface area (Å²) in [4.78, 5) is 0. The summed E-state index contributed by atoms with van der Waals surface area (Å²) in [6.07, 6.45) is 0. The number of hydrogen-bond acceptors (Lipinski definition) is 8. The molecule has 0 N–H and O–H groups in total. The Balaban J connectivity index is 0.000000833. The summed E-state index contributed by atoms with van der Waals surface area (Å²) < 4.78 is 32.2. The number of benzene rings is 10. The van der Waals surface area contributed by atoms with E-state index in [1.807, 2.05) is 0 Å². The van der Waals surface area contributed by atoms with Gasteiger partial charge in [0.1, 0.15) is 6.54 Å². The minimum atomic E-state index is -2.85. The van der Waals surface area contributed by atoms with Crippen LogP contribution in [0.3, 0.4) is 0 Å². The van der Waals surface area contributed by atoms with Gasteiger partial charge in [-0.2, -0.15) is 0 Å². The molecule has 0 bridgehead atoms. The Morgan fingerprint density at radius 1 is 0.260 bits per heavy atom. The molecule has 1 spiro atoms. The molecule has 10 aromatic carbocycles. The topological polar surface area (TPSA) is 75.7 Å². The Labute approximate surface area is 767 Å². The Morgan fingerprint density at radius 2 is 0.398 bits per heavy atom. The van der Waals surface area contributed by atoms with Gasteiger partial charge in [-0.05, 0) is 184 Å². The van der Waals surface area contributed by atoms with Crippen LogP contribution < -0.4 is 44.0 Å². The molecule has 12 heteroatoms. The van der Waals surface area contributed by atoms with Crippen molar-refractivity contribution in [1.29, 1.82) is 0 Å². The average molecular weight is 1720 g/mol. The maximum atomic E-state index is 15.4. The van der Waals surface area contributed by atoms with Crippen molar-refractivity contribution in [2.24, 2.45) is 0 Å². The van der Waals surface area contributed by atoms with E-state index in [0.29, 0.717) is 79.2 Å². The molecule has 3 heterocycles. The molecule has 3 aliphatic rings. The first-order valence-corrected chi connectivity index (χ1v) is 49.7. The van der Waals surface area contributed by atoms with Crippen LogP contribution in [-0.4, -0.2) is 84.4 Å². The predicted molar refractivity (Wildman–Crippen MR) is 522 cm³/mol. The molecule has 0 unspecified atom stereocenters. The fourth-order valence-corrected chi connectivity index (χ4v) is 28.0. The normalized spacial score (nSPS) is 16.0. The first-order valence-electron chi connectivity index (χ1n) is 44.8. The van der Waals surface area contributed by atoms with Crippen molar-refractivity contribution >= 4 is 38.9 Å². The van der Waals surface area contributed by atoms with Crippen LogP contribution in [0.5, 0.6) is 0 Å². The zero-order valence-electron chi connectivity index (χ0n) is 79.8. The van der Waals surface area contributed by atoms with Gasteiger partial charge in [0, 0.05) is 36.8 Å². The summed E-state index contributed by atoms with van der Waals surface area (Å²) in [5.74, 6) is -0.734. The molecule has 2 fully saturated rings. The second-order valence-electron chi connectivity index (χ2n) is 42.6. The van der Waals surface area contributed by atoms with Crippen molar-refractivity contribution in [3.63, 3.8) is 0 Å². The van der Waals surface area contributed by atoms with Crippen molar-refractivity contribution in [3.05, 3.63) is 341 Å². The van der Waals surface area contributed by atoms with Crippen molar-refractivity contribution in [1.82, 2.24) is 0 Å². The van der Waals surface area contributed by atoms with Gasteiger partial charge in [-0.25, -0.2) is 0 Å². The minimum absolute atomic E-state index is 0. The van der Waals surface area contributed by atoms with Crippen molar-refractivity contribution in [2.75, 3.05) is 88.5 Å². The molecular weight excluding hydrogens is 1570 g/mol. The molecular formula is C111H142N2NaO6P3. The van der Waals surface area contributed by atoms with Gasteiger partial charge in [0.2, 0.25) is 0 Å². The predicted octanol–water partition coefficient (Wildman–Crippen LogP) is 24.8. The molecule has 648 valence electrons. The second-order valence-corrected chi connectivity index (χ2v) is 51.7. The summed E-state index contributed by atoms with van der Waals surface area (Å²) in [6, 6.07) is 87.4. The van der Waals surface area contributed by atoms with Crippen LogP contribution in [0.2, 0.25) is 0 Å². The molecule has 0 aliphatic carbocycles. The molecule has 0 aromatic heterocycles. The van der Waals surface area contributed by atoms with Crippen molar-refractivity contribution < 1.29 is 58.3 Å². The number of rotatable bonds is 14. The number of ether oxygens (including phenoxy) is 5. The second kappa shape index (κ2) is 39.6. The largest absolute Gasteiger partial charge is 1.00 e. The van der Waals surface area contributed by atoms with E-state index in [1.54, 1.807) is 0 Å². The Kier molecular flexibility index (Phi) is 31.3. The summed E-state index contributed by atoms with van der Waals surface area (Å²) >= 11 is 0. The average Bonchev–Trinajstić information content (AvgIpc) is 1.65. The van der Waals surface area contributed by atoms with Gasteiger partial charge >= 0.3 is 29.6 Å². The third-order valence-corrected chi connectivity index (χ3v) is 36.2. The third-order valence-electron chi connectivity index (χ3n) is 24.7. The molecule has 0 radical (unpaired) electrons. The number of anilines is 2. The Bertz CT molecular complexity index is 4380. The number of aryl methyl sites for hydroxylation is 2. The smallest absolute Gasteiger partial charge is 0.820 e. The molecule has 3 aliphatic heterocycles. The molecule has 0 atom stereocenters. The van der Waals surface area contributed by atoms with Crippen LogP contribution in [0.4, 0.5) is 11.4 Å². The Hall–Kier alpha value is -6.54. The van der Waals surface area contributed by atoms with Gasteiger partial charge in [0.15, 0.2) is 0 Å². The van der Waals surface area contributed by atoms with E-state index in [9.17, 15) is 0 Å². The first kappa shape index (κ1) is 97.1. The van der Waals surface area contributed by atoms with Crippen LogP contribution in [0.15, 0.2) is 218 Å². The maximum absolute atomic E-state index is 15.4. The van der Waals surface area contributed by atoms with Crippen LogP contribution in [0.1, 0.15) is 312 Å². The van der Waals surface area contributed by atoms with E-state index in [2.05, 4.69) is 408 Å². The monoisotopic (exact) mass is 1710 g/mol. The van der Waals surface area contributed by atoms with Gasteiger partial charge in [-0.1, -0.05) is 401 Å². The van der Waals surface area contributed by atoms with Crippen LogP contribution in [0, 0.1) is 13.8 Å². The maximum Gasteiger partial charge on any atom is 1.00 e. The zero-order chi connectivity index (χ0) is 88.3. The van der Waals surface area contributed by atoms with E-state index < -0.39 is 6.54 Å². The van der Waals surface area contributed by atoms with Gasteiger partial charge in [0.25, 0.3) is 0 Å². The van der Waals surface area contributed by atoms with Gasteiger partial charge < -0.3 is 38.1 Å². The van der Waals surface area contributed by atoms with Crippen LogP contribution in [0.25, 0.3) is 0 Å². The molecule has 0 saturated carbocycles. The quantitative estimate of drug-likeness (QED) is 0.0606. The fraction of sp³-hybridized carbons (Fsp3) is 0.450. The molecule has 123 heavy (non-hydrogen) atoms. The van der Waals surface area contributed by atoms with Gasteiger partial charge in [0.05, 0.1) is 77.4 Å². The first-order chi connectivity index (χ1) is 57.3. The number of hydrogen-bond donors (Lipinski definition) is 0. The van der Waals surface area contributed by atoms with Gasteiger partial charge in [-0.3, -0.25) is 0 Å². The third kappa shape index (κ3) is 23.5. The van der Waals surface area contributed by atoms with Gasteiger partial charge in [-0.15, -0.1) is 0 Å². The molecule has 10 aromatic rings. The molecule has 0 amide bonds. The fourth-order valence-electron chi connectivity index (χ4n) is 17.4. The Morgan fingerprint density at radius 3 is 0.520 bits per heavy atom. The minimum Gasteiger partial charge on any atom is -0.820 e. The molecule has 13 rings (SSSR count). The van der Waals surface area contributed by atoms with E-state index in [1.165, 1.54) is 134 Å². The summed E-state index contributed by atoms with van der Waals surface area (Å²) in [5.41, 5.74) is 30.2. The zero-order valence-corrected chi connectivity index (χ0v) is 84.4. The number of nitrogens with zero attached hydrogens (tertiary/aromatic N) is 2. The SMILES string of the molecule is C1COCCOCCOCCOCCO1.Cc1cc(C(c2ccc(C(C)(C)C)cc2)c2ccc(C(C)(C)C)cc2)c(N2CCN(c3c(C(c4ccc(C(C)(C)C)cc4)c4ccc(C(C)(C)C)cc4)cc(C)cc3C(c3ccc(C(C)(C)C)cc3)c3ccc(C(C)(C)C)cc3)P23=PC([O-])=P3)c(C(c2ccc(C(C)(C)C)cc2)c2ccc(C(C)(C)C)cc2)c1.[Na+]. The van der Waals surface area contributed by atoms with Crippen molar-refractivity contribution in [2.45, 2.75) is 247 Å². The van der Waals surface area contributed by atoms with E-state index in [0.717, 1.165) is 15.8 Å². The van der Waals surface area contributed by atoms with E-state index in [4.69, 9.17) is 23.7 Å². The van der Waals surface area contributed by atoms with Crippen molar-refractivity contribution in [3.8, 4) is 0 Å². The summed E-state index contributed by atoms with van der Waals surface area (Å²) in [7, 11) is 1.71.